The Balaban J connectivity index is 1.97. The Morgan fingerprint density at radius 3 is 3.00 bits per heavy atom. The first kappa shape index (κ1) is 9.69. The smallest absolute Gasteiger partial charge is 0.112 e. The molecule has 0 saturated carbocycles. The monoisotopic (exact) mass is 191 g/mol. The second-order valence-corrected chi connectivity index (χ2v) is 4.08. The molecule has 1 N–H and O–H groups in total. The van der Waals surface area contributed by atoms with Gasteiger partial charge in [-0.15, -0.1) is 0 Å². The minimum Gasteiger partial charge on any atom is -0.361 e. The van der Waals surface area contributed by atoms with E-state index in [0.29, 0.717) is 6.04 Å². The molecule has 0 spiro atoms. The van der Waals surface area contributed by atoms with Gasteiger partial charge in [-0.1, -0.05) is 29.8 Å². The van der Waals surface area contributed by atoms with E-state index in [1.54, 1.807) is 0 Å². The van der Waals surface area contributed by atoms with Gasteiger partial charge in [-0.25, -0.2) is 0 Å². The average molecular weight is 191 g/mol. The van der Waals surface area contributed by atoms with Gasteiger partial charge in [0.15, 0.2) is 0 Å². The predicted molar refractivity (Wildman–Crippen MR) is 57.2 cm³/mol. The largest absolute Gasteiger partial charge is 0.361 e. The highest BCUT2D eigenvalue weighted by Gasteiger charge is 2.20. The van der Waals surface area contributed by atoms with Crippen LogP contribution in [-0.2, 0) is 11.2 Å². The Morgan fingerprint density at radius 2 is 2.36 bits per heavy atom. The van der Waals surface area contributed by atoms with Crippen LogP contribution in [0.25, 0.3) is 0 Å². The first-order valence-electron chi connectivity index (χ1n) is 5.17. The van der Waals surface area contributed by atoms with Crippen molar-refractivity contribution in [2.24, 2.45) is 0 Å². The zero-order valence-corrected chi connectivity index (χ0v) is 8.79. The van der Waals surface area contributed by atoms with Gasteiger partial charge in [0.05, 0.1) is 6.61 Å². The molecule has 2 heteroatoms. The van der Waals surface area contributed by atoms with Crippen LogP contribution < -0.4 is 5.32 Å². The summed E-state index contributed by atoms with van der Waals surface area (Å²) < 4.78 is 5.60. The van der Waals surface area contributed by atoms with E-state index < -0.39 is 0 Å². The first-order valence-corrected chi connectivity index (χ1v) is 5.17. The lowest BCUT2D eigenvalue weighted by molar-refractivity contribution is 0.101. The summed E-state index contributed by atoms with van der Waals surface area (Å²) in [4.78, 5) is 0. The van der Waals surface area contributed by atoms with Gasteiger partial charge in [0.1, 0.15) is 6.23 Å². The molecule has 2 atom stereocenters. The fraction of sp³-hybridized carbons (Fsp3) is 0.500. The molecule has 2 rings (SSSR count). The molecule has 1 aromatic carbocycles. The van der Waals surface area contributed by atoms with E-state index in [0.717, 1.165) is 13.0 Å². The van der Waals surface area contributed by atoms with E-state index >= 15 is 0 Å². The lowest BCUT2D eigenvalue weighted by Gasteiger charge is -2.10. The maximum absolute atomic E-state index is 5.60. The van der Waals surface area contributed by atoms with Gasteiger partial charge in [-0.2, -0.15) is 0 Å². The van der Waals surface area contributed by atoms with Crippen molar-refractivity contribution in [2.75, 3.05) is 6.61 Å². The molecule has 0 radical (unpaired) electrons. The van der Waals surface area contributed by atoms with Gasteiger partial charge in [-0.3, -0.25) is 5.32 Å². The summed E-state index contributed by atoms with van der Waals surface area (Å²) in [5.74, 6) is 0. The van der Waals surface area contributed by atoms with E-state index in [4.69, 9.17) is 4.74 Å². The van der Waals surface area contributed by atoms with Crippen LogP contribution in [0.5, 0.6) is 0 Å². The molecule has 1 heterocycles. The van der Waals surface area contributed by atoms with Crippen LogP contribution in [0.2, 0.25) is 0 Å². The molecule has 1 fully saturated rings. The van der Waals surface area contributed by atoms with Gasteiger partial charge >= 0.3 is 0 Å². The standard InChI is InChI=1S/C12H17NO/c1-9-4-3-5-11(6-9)7-12-13-10(2)8-14-12/h3-6,10,12-13H,7-8H2,1-2H3. The fourth-order valence-corrected chi connectivity index (χ4v) is 1.85. The molecule has 76 valence electrons. The number of aryl methyl sites for hydroxylation is 1. The zero-order chi connectivity index (χ0) is 9.97. The van der Waals surface area contributed by atoms with Crippen molar-refractivity contribution < 1.29 is 4.74 Å². The molecule has 1 aliphatic rings. The third-order valence-electron chi connectivity index (χ3n) is 2.52. The third-order valence-corrected chi connectivity index (χ3v) is 2.52. The maximum Gasteiger partial charge on any atom is 0.112 e. The van der Waals surface area contributed by atoms with Crippen LogP contribution in [0, 0.1) is 6.92 Å². The van der Waals surface area contributed by atoms with Crippen molar-refractivity contribution in [1.29, 1.82) is 0 Å². The minimum absolute atomic E-state index is 0.201. The van der Waals surface area contributed by atoms with Crippen LogP contribution in [0.3, 0.4) is 0 Å². The second-order valence-electron chi connectivity index (χ2n) is 4.08. The number of ether oxygens (including phenoxy) is 1. The summed E-state index contributed by atoms with van der Waals surface area (Å²) in [5.41, 5.74) is 2.66. The summed E-state index contributed by atoms with van der Waals surface area (Å²) >= 11 is 0. The normalized spacial score (nSPS) is 26.7. The van der Waals surface area contributed by atoms with E-state index in [-0.39, 0.29) is 6.23 Å². The number of hydrogen-bond acceptors (Lipinski definition) is 2. The van der Waals surface area contributed by atoms with Gasteiger partial charge in [0.25, 0.3) is 0 Å². The third kappa shape index (κ3) is 2.34. The van der Waals surface area contributed by atoms with Crippen LogP contribution in [0.1, 0.15) is 18.1 Å². The molecule has 0 amide bonds. The fourth-order valence-electron chi connectivity index (χ4n) is 1.85. The van der Waals surface area contributed by atoms with Crippen molar-refractivity contribution in [1.82, 2.24) is 5.32 Å². The number of benzene rings is 1. The molecular weight excluding hydrogens is 174 g/mol. The molecule has 1 aliphatic heterocycles. The van der Waals surface area contributed by atoms with E-state index in [2.05, 4.69) is 43.4 Å². The van der Waals surface area contributed by atoms with Crippen LogP contribution in [0.15, 0.2) is 24.3 Å². The zero-order valence-electron chi connectivity index (χ0n) is 8.79. The molecule has 2 nitrogen and oxygen atoms in total. The molecular formula is C12H17NO. The van der Waals surface area contributed by atoms with Crippen LogP contribution in [-0.4, -0.2) is 18.9 Å². The van der Waals surface area contributed by atoms with Gasteiger partial charge in [-0.05, 0) is 19.4 Å². The van der Waals surface area contributed by atoms with Gasteiger partial charge < -0.3 is 4.74 Å². The lowest BCUT2D eigenvalue weighted by atomic mass is 10.1. The number of nitrogens with one attached hydrogen (secondary N) is 1. The van der Waals surface area contributed by atoms with Crippen molar-refractivity contribution in [3.63, 3.8) is 0 Å². The van der Waals surface area contributed by atoms with Crippen molar-refractivity contribution in [3.05, 3.63) is 35.4 Å². The van der Waals surface area contributed by atoms with E-state index in [1.165, 1.54) is 11.1 Å². The summed E-state index contributed by atoms with van der Waals surface area (Å²) in [5, 5.41) is 3.40. The highest BCUT2D eigenvalue weighted by molar-refractivity contribution is 5.22. The summed E-state index contributed by atoms with van der Waals surface area (Å²) in [6, 6.07) is 9.08. The molecule has 1 aromatic rings. The number of hydrogen-bond donors (Lipinski definition) is 1. The minimum atomic E-state index is 0.201. The van der Waals surface area contributed by atoms with Crippen LogP contribution >= 0.6 is 0 Å². The second kappa shape index (κ2) is 4.11. The highest BCUT2D eigenvalue weighted by atomic mass is 16.5. The molecule has 1 saturated heterocycles. The number of rotatable bonds is 2. The Hall–Kier alpha value is -0.860. The molecule has 0 aromatic heterocycles. The molecule has 2 unspecified atom stereocenters. The summed E-state index contributed by atoms with van der Waals surface area (Å²) in [7, 11) is 0. The van der Waals surface area contributed by atoms with Gasteiger partial charge in [0.2, 0.25) is 0 Å². The van der Waals surface area contributed by atoms with Crippen LogP contribution in [0.4, 0.5) is 0 Å². The quantitative estimate of drug-likeness (QED) is 0.770. The Bertz CT molecular complexity index is 311. The SMILES string of the molecule is Cc1cccc(CC2NC(C)CO2)c1. The topological polar surface area (TPSA) is 21.3 Å². The molecule has 0 aliphatic carbocycles. The molecule has 0 bridgehead atoms. The average Bonchev–Trinajstić information content (AvgIpc) is 2.51. The molecule has 14 heavy (non-hydrogen) atoms. The first-order chi connectivity index (χ1) is 6.74. The highest BCUT2D eigenvalue weighted by Crippen LogP contribution is 2.11. The Morgan fingerprint density at radius 1 is 1.50 bits per heavy atom. The Labute approximate surface area is 85.3 Å². The van der Waals surface area contributed by atoms with Crippen molar-refractivity contribution in [2.45, 2.75) is 32.5 Å². The lowest BCUT2D eigenvalue weighted by Crippen LogP contribution is -2.29. The predicted octanol–water partition coefficient (Wildman–Crippen LogP) is 1.87. The van der Waals surface area contributed by atoms with Gasteiger partial charge in [0, 0.05) is 12.5 Å². The summed E-state index contributed by atoms with van der Waals surface area (Å²) in [6.45, 7) is 5.10. The Kier molecular flexibility index (Phi) is 2.85. The van der Waals surface area contributed by atoms with Crippen molar-refractivity contribution in [3.8, 4) is 0 Å². The van der Waals surface area contributed by atoms with Crippen molar-refractivity contribution >= 4 is 0 Å². The maximum atomic E-state index is 5.60. The van der Waals surface area contributed by atoms with E-state index in [1.807, 2.05) is 0 Å². The van der Waals surface area contributed by atoms with E-state index in [9.17, 15) is 0 Å². The summed E-state index contributed by atoms with van der Waals surface area (Å²) in [6.07, 6.45) is 1.17.